The molecule has 4 rings (SSSR count). The lowest BCUT2D eigenvalue weighted by atomic mass is 9.91. The smallest absolute Gasteiger partial charge is 0.225 e. The number of hydrogen-bond acceptors (Lipinski definition) is 2. The van der Waals surface area contributed by atoms with E-state index in [1.165, 1.54) is 16.7 Å². The summed E-state index contributed by atoms with van der Waals surface area (Å²) in [6.45, 7) is 5.67. The second-order valence-electron chi connectivity index (χ2n) is 7.71. The van der Waals surface area contributed by atoms with Gasteiger partial charge in [0, 0.05) is 36.5 Å². The molecule has 1 saturated carbocycles. The molecule has 1 heterocycles. The van der Waals surface area contributed by atoms with Crippen molar-refractivity contribution in [3.63, 3.8) is 0 Å². The Bertz CT molecular complexity index is 898. The number of aryl methyl sites for hydroxylation is 1. The molecular weight excluding hydrogens is 475 g/mol. The van der Waals surface area contributed by atoms with Gasteiger partial charge in [0.1, 0.15) is 0 Å². The monoisotopic (exact) mass is 504 g/mol. The van der Waals surface area contributed by atoms with Crippen LogP contribution >= 0.6 is 24.0 Å². The maximum atomic E-state index is 12.0. The van der Waals surface area contributed by atoms with Crippen LogP contribution in [0.2, 0.25) is 0 Å². The number of anilines is 1. The zero-order valence-electron chi connectivity index (χ0n) is 16.9. The van der Waals surface area contributed by atoms with Crippen LogP contribution < -0.4 is 16.0 Å². The third kappa shape index (κ3) is 5.10. The number of guanidine groups is 1. The first kappa shape index (κ1) is 21.6. The molecule has 0 bridgehead atoms. The van der Waals surface area contributed by atoms with Crippen LogP contribution in [0.5, 0.6) is 0 Å². The highest BCUT2D eigenvalue weighted by Crippen LogP contribution is 2.42. The predicted octanol–water partition coefficient (Wildman–Crippen LogP) is 4.15. The number of carbonyl (C=O) groups excluding carboxylic acids is 1. The normalized spacial score (nSPS) is 22.8. The van der Waals surface area contributed by atoms with E-state index in [-0.39, 0.29) is 35.8 Å². The van der Waals surface area contributed by atoms with Crippen LogP contribution in [-0.2, 0) is 4.79 Å². The Kier molecular flexibility index (Phi) is 7.16. The number of rotatable bonds is 5. The van der Waals surface area contributed by atoms with Crippen LogP contribution in [0.15, 0.2) is 53.5 Å². The van der Waals surface area contributed by atoms with Gasteiger partial charge in [-0.05, 0) is 43.0 Å². The molecule has 0 radical (unpaired) electrons. The number of fused-ring (bicyclic) bond motifs is 1. The van der Waals surface area contributed by atoms with Gasteiger partial charge in [0.2, 0.25) is 5.91 Å². The lowest BCUT2D eigenvalue weighted by molar-refractivity contribution is -0.116. The molecule has 0 spiro atoms. The molecular formula is C23H29IN4O. The van der Waals surface area contributed by atoms with Gasteiger partial charge in [0.25, 0.3) is 0 Å². The largest absolute Gasteiger partial charge is 0.357 e. The van der Waals surface area contributed by atoms with Crippen LogP contribution in [-0.4, -0.2) is 31.0 Å². The number of nitrogens with zero attached hydrogens (tertiary/aromatic N) is 1. The van der Waals surface area contributed by atoms with Crippen molar-refractivity contribution in [2.75, 3.05) is 18.4 Å². The molecule has 29 heavy (non-hydrogen) atoms. The summed E-state index contributed by atoms with van der Waals surface area (Å²) >= 11 is 0. The lowest BCUT2D eigenvalue weighted by Crippen LogP contribution is -2.39. The summed E-state index contributed by atoms with van der Waals surface area (Å²) in [5.74, 6) is 1.57. The van der Waals surface area contributed by atoms with Gasteiger partial charge >= 0.3 is 0 Å². The minimum Gasteiger partial charge on any atom is -0.357 e. The molecule has 154 valence electrons. The number of halogens is 1. The van der Waals surface area contributed by atoms with E-state index in [1.807, 2.05) is 18.2 Å². The van der Waals surface area contributed by atoms with E-state index in [9.17, 15) is 4.79 Å². The van der Waals surface area contributed by atoms with Gasteiger partial charge in [-0.15, -0.1) is 24.0 Å². The molecule has 6 heteroatoms. The number of carbonyl (C=O) groups is 1. The molecule has 1 amide bonds. The number of hydrogen-bond donors (Lipinski definition) is 3. The SMILES string of the molecule is CCNC(=NCC1CC(=O)Nc2ccccc21)NC1CC1c1ccccc1C.I. The highest BCUT2D eigenvalue weighted by atomic mass is 127. The van der Waals surface area contributed by atoms with Crippen molar-refractivity contribution < 1.29 is 4.79 Å². The van der Waals surface area contributed by atoms with Crippen molar-refractivity contribution in [3.05, 3.63) is 65.2 Å². The van der Waals surface area contributed by atoms with Crippen molar-refractivity contribution in [1.82, 2.24) is 10.6 Å². The first-order valence-corrected chi connectivity index (χ1v) is 10.1. The Labute approximate surface area is 189 Å². The molecule has 1 aliphatic carbocycles. The lowest BCUT2D eigenvalue weighted by Gasteiger charge is -2.24. The van der Waals surface area contributed by atoms with Crippen LogP contribution in [0.25, 0.3) is 0 Å². The third-order valence-corrected chi connectivity index (χ3v) is 5.62. The van der Waals surface area contributed by atoms with Crippen molar-refractivity contribution in [1.29, 1.82) is 0 Å². The Morgan fingerprint density at radius 3 is 2.62 bits per heavy atom. The van der Waals surface area contributed by atoms with E-state index in [2.05, 4.69) is 60.1 Å². The fourth-order valence-corrected chi connectivity index (χ4v) is 4.06. The summed E-state index contributed by atoms with van der Waals surface area (Å²) in [6, 6.07) is 17.0. The molecule has 2 aliphatic rings. The highest BCUT2D eigenvalue weighted by molar-refractivity contribution is 14.0. The standard InChI is InChI=1S/C23H28N4O.HI/c1-3-24-23(27-21-13-19(21)17-9-5-4-8-15(17)2)25-14-16-12-22(28)26-20-11-7-6-10-18(16)20;/h4-11,16,19,21H,3,12-14H2,1-2H3,(H,26,28)(H2,24,25,27);1H. The average Bonchev–Trinajstić information content (AvgIpc) is 3.45. The Balaban J connectivity index is 0.00000240. The van der Waals surface area contributed by atoms with Gasteiger partial charge in [0.15, 0.2) is 5.96 Å². The van der Waals surface area contributed by atoms with E-state index in [1.54, 1.807) is 0 Å². The summed E-state index contributed by atoms with van der Waals surface area (Å²) in [4.78, 5) is 16.9. The summed E-state index contributed by atoms with van der Waals surface area (Å²) in [5, 5.41) is 9.89. The average molecular weight is 504 g/mol. The first-order chi connectivity index (χ1) is 13.7. The van der Waals surface area contributed by atoms with E-state index < -0.39 is 0 Å². The first-order valence-electron chi connectivity index (χ1n) is 10.1. The quantitative estimate of drug-likeness (QED) is 0.326. The van der Waals surface area contributed by atoms with Gasteiger partial charge < -0.3 is 16.0 Å². The van der Waals surface area contributed by atoms with E-state index in [0.29, 0.717) is 24.9 Å². The van der Waals surface area contributed by atoms with Gasteiger partial charge in [0.05, 0.1) is 6.54 Å². The highest BCUT2D eigenvalue weighted by Gasteiger charge is 2.39. The summed E-state index contributed by atoms with van der Waals surface area (Å²) in [7, 11) is 0. The fraction of sp³-hybridized carbons (Fsp3) is 0.391. The van der Waals surface area contributed by atoms with E-state index in [4.69, 9.17) is 4.99 Å². The Hall–Kier alpha value is -2.09. The number of nitrogens with one attached hydrogen (secondary N) is 3. The summed E-state index contributed by atoms with van der Waals surface area (Å²) in [6.07, 6.45) is 1.61. The van der Waals surface area contributed by atoms with Crippen molar-refractivity contribution in [2.45, 2.75) is 44.6 Å². The predicted molar refractivity (Wildman–Crippen MR) is 129 cm³/mol. The Morgan fingerprint density at radius 2 is 1.86 bits per heavy atom. The molecule has 1 fully saturated rings. The number of para-hydroxylation sites is 1. The van der Waals surface area contributed by atoms with Crippen LogP contribution in [0, 0.1) is 6.92 Å². The number of amides is 1. The van der Waals surface area contributed by atoms with Gasteiger partial charge in [-0.3, -0.25) is 9.79 Å². The Morgan fingerprint density at radius 1 is 1.14 bits per heavy atom. The minimum atomic E-state index is 0. The third-order valence-electron chi connectivity index (χ3n) is 5.62. The van der Waals surface area contributed by atoms with Crippen molar-refractivity contribution >= 4 is 41.5 Å². The molecule has 2 aromatic carbocycles. The maximum absolute atomic E-state index is 12.0. The topological polar surface area (TPSA) is 65.5 Å². The van der Waals surface area contributed by atoms with Gasteiger partial charge in [-0.25, -0.2) is 0 Å². The van der Waals surface area contributed by atoms with Crippen molar-refractivity contribution in [2.24, 2.45) is 4.99 Å². The van der Waals surface area contributed by atoms with Crippen LogP contribution in [0.3, 0.4) is 0 Å². The maximum Gasteiger partial charge on any atom is 0.225 e. The fourth-order valence-electron chi connectivity index (χ4n) is 4.06. The minimum absolute atomic E-state index is 0. The number of aliphatic imine (C=N–C) groups is 1. The molecule has 3 N–H and O–H groups in total. The zero-order chi connectivity index (χ0) is 19.5. The molecule has 5 nitrogen and oxygen atoms in total. The van der Waals surface area contributed by atoms with Crippen LogP contribution in [0.4, 0.5) is 5.69 Å². The summed E-state index contributed by atoms with van der Waals surface area (Å²) in [5.41, 5.74) is 4.86. The van der Waals surface area contributed by atoms with Gasteiger partial charge in [-0.2, -0.15) is 0 Å². The van der Waals surface area contributed by atoms with E-state index >= 15 is 0 Å². The van der Waals surface area contributed by atoms with Crippen molar-refractivity contribution in [3.8, 4) is 0 Å². The number of benzene rings is 2. The molecule has 3 unspecified atom stereocenters. The second kappa shape index (κ2) is 9.61. The van der Waals surface area contributed by atoms with Gasteiger partial charge in [-0.1, -0.05) is 42.5 Å². The zero-order valence-corrected chi connectivity index (χ0v) is 19.3. The molecule has 3 atom stereocenters. The molecule has 1 aliphatic heterocycles. The molecule has 0 saturated heterocycles. The van der Waals surface area contributed by atoms with E-state index in [0.717, 1.165) is 24.6 Å². The molecule has 2 aromatic rings. The van der Waals surface area contributed by atoms with Crippen LogP contribution in [0.1, 0.15) is 48.3 Å². The molecule has 0 aromatic heterocycles. The second-order valence-corrected chi connectivity index (χ2v) is 7.71. The summed E-state index contributed by atoms with van der Waals surface area (Å²) < 4.78 is 0.